The van der Waals surface area contributed by atoms with E-state index in [1.54, 1.807) is 0 Å². The van der Waals surface area contributed by atoms with Gasteiger partial charge in [0, 0.05) is 11.9 Å². The van der Waals surface area contributed by atoms with Gasteiger partial charge < -0.3 is 15.4 Å². The number of carbonyl (C=O) groups excluding carboxylic acids is 3. The van der Waals surface area contributed by atoms with Crippen LogP contribution in [0.3, 0.4) is 0 Å². The van der Waals surface area contributed by atoms with Crippen LogP contribution in [0.15, 0.2) is 47.4 Å². The van der Waals surface area contributed by atoms with Crippen LogP contribution in [0.5, 0.6) is 0 Å². The van der Waals surface area contributed by atoms with Crippen LogP contribution in [0.2, 0.25) is 0 Å². The summed E-state index contributed by atoms with van der Waals surface area (Å²) in [5.41, 5.74) is 2.30. The van der Waals surface area contributed by atoms with Crippen LogP contribution < -0.4 is 10.6 Å². The van der Waals surface area contributed by atoms with Crippen LogP contribution in [-0.2, 0) is 24.2 Å². The van der Waals surface area contributed by atoms with Crippen molar-refractivity contribution in [1.82, 2.24) is 5.32 Å². The highest BCUT2D eigenvalue weighted by Gasteiger charge is 2.24. The average molecular weight is 432 g/mol. The van der Waals surface area contributed by atoms with Gasteiger partial charge in [-0.15, -0.1) is 0 Å². The summed E-state index contributed by atoms with van der Waals surface area (Å²) in [5.74, 6) is -2.06. The van der Waals surface area contributed by atoms with Crippen molar-refractivity contribution in [2.75, 3.05) is 18.1 Å². The zero-order valence-electron chi connectivity index (χ0n) is 17.2. The fraction of sp³-hybridized carbons (Fsp3) is 0.286. The van der Waals surface area contributed by atoms with Gasteiger partial charge in [-0.3, -0.25) is 9.59 Å². The number of amides is 2. The van der Waals surface area contributed by atoms with Crippen LogP contribution in [0.4, 0.5) is 5.69 Å². The predicted octanol–water partition coefficient (Wildman–Crippen LogP) is 2.01. The summed E-state index contributed by atoms with van der Waals surface area (Å²) in [5, 5.41) is 5.13. The lowest BCUT2D eigenvalue weighted by atomic mass is 10.1. The van der Waals surface area contributed by atoms with Crippen molar-refractivity contribution in [3.8, 4) is 0 Å². The van der Waals surface area contributed by atoms with Gasteiger partial charge in [0.15, 0.2) is 15.9 Å². The molecule has 2 aromatic rings. The van der Waals surface area contributed by atoms with E-state index in [0.717, 1.165) is 17.4 Å². The van der Waals surface area contributed by atoms with Crippen molar-refractivity contribution in [3.63, 3.8) is 0 Å². The summed E-state index contributed by atoms with van der Waals surface area (Å²) in [7, 11) is -3.65. The standard InChI is InChI=1S/C21H24N2O6S/c1-13-8-7-9-14(2)19(13)23-18(24)12-22-20(25)15(3)29-21(26)16-10-5-6-11-17(16)30(4,27)28/h5-11,15H,12H2,1-4H3,(H,22,25)(H,23,24). The maximum atomic E-state index is 12.3. The van der Waals surface area contributed by atoms with Gasteiger partial charge in [-0.05, 0) is 44.0 Å². The Morgan fingerprint density at radius 2 is 1.60 bits per heavy atom. The molecule has 0 saturated carbocycles. The van der Waals surface area contributed by atoms with Gasteiger partial charge in [0.25, 0.3) is 5.91 Å². The Balaban J connectivity index is 1.96. The minimum Gasteiger partial charge on any atom is -0.449 e. The maximum absolute atomic E-state index is 12.3. The Morgan fingerprint density at radius 1 is 1.00 bits per heavy atom. The topological polar surface area (TPSA) is 119 Å². The Bertz CT molecular complexity index is 1060. The molecule has 0 aromatic heterocycles. The lowest BCUT2D eigenvalue weighted by Gasteiger charge is -2.15. The van der Waals surface area contributed by atoms with Crippen molar-refractivity contribution in [2.24, 2.45) is 0 Å². The molecular formula is C21H24N2O6S. The van der Waals surface area contributed by atoms with Crippen LogP contribution in [0, 0.1) is 13.8 Å². The number of benzene rings is 2. The van der Waals surface area contributed by atoms with E-state index < -0.39 is 33.7 Å². The molecular weight excluding hydrogens is 408 g/mol. The number of ether oxygens (including phenoxy) is 1. The molecule has 0 fully saturated rings. The molecule has 0 aliphatic rings. The molecule has 0 heterocycles. The molecule has 1 atom stereocenters. The lowest BCUT2D eigenvalue weighted by molar-refractivity contribution is -0.130. The molecule has 0 spiro atoms. The van der Waals surface area contributed by atoms with Crippen LogP contribution >= 0.6 is 0 Å². The third kappa shape index (κ3) is 5.90. The van der Waals surface area contributed by atoms with Crippen LogP contribution in [0.1, 0.15) is 28.4 Å². The lowest BCUT2D eigenvalue weighted by Crippen LogP contribution is -2.40. The Hall–Kier alpha value is -3.20. The molecule has 8 nitrogen and oxygen atoms in total. The van der Waals surface area contributed by atoms with Gasteiger partial charge in [0.1, 0.15) is 0 Å². The summed E-state index contributed by atoms with van der Waals surface area (Å²) >= 11 is 0. The van der Waals surface area contributed by atoms with E-state index in [1.165, 1.54) is 31.2 Å². The monoisotopic (exact) mass is 432 g/mol. The number of rotatable bonds is 7. The Labute approximate surface area is 175 Å². The van der Waals surface area contributed by atoms with Gasteiger partial charge in [-0.25, -0.2) is 13.2 Å². The predicted molar refractivity (Wildman–Crippen MR) is 112 cm³/mol. The van der Waals surface area contributed by atoms with E-state index in [2.05, 4.69) is 10.6 Å². The Morgan fingerprint density at radius 3 is 2.20 bits per heavy atom. The molecule has 9 heteroatoms. The van der Waals surface area contributed by atoms with Gasteiger partial charge >= 0.3 is 5.97 Å². The first-order valence-electron chi connectivity index (χ1n) is 9.14. The van der Waals surface area contributed by atoms with Gasteiger partial charge in [0.05, 0.1) is 17.0 Å². The third-order valence-corrected chi connectivity index (χ3v) is 5.48. The fourth-order valence-corrected chi connectivity index (χ4v) is 3.62. The molecule has 2 rings (SSSR count). The molecule has 0 aliphatic carbocycles. The van der Waals surface area contributed by atoms with Crippen LogP contribution in [-0.4, -0.2) is 45.1 Å². The van der Waals surface area contributed by atoms with E-state index in [9.17, 15) is 22.8 Å². The second-order valence-corrected chi connectivity index (χ2v) is 8.83. The summed E-state index contributed by atoms with van der Waals surface area (Å²) in [6.45, 7) is 4.74. The van der Waals surface area contributed by atoms with E-state index in [-0.39, 0.29) is 17.0 Å². The molecule has 2 N–H and O–H groups in total. The smallest absolute Gasteiger partial charge is 0.340 e. The van der Waals surface area contributed by atoms with Crippen molar-refractivity contribution < 1.29 is 27.5 Å². The molecule has 160 valence electrons. The number of para-hydroxylation sites is 1. The zero-order chi connectivity index (χ0) is 22.5. The first kappa shape index (κ1) is 23.1. The zero-order valence-corrected chi connectivity index (χ0v) is 18.0. The largest absolute Gasteiger partial charge is 0.449 e. The van der Waals surface area contributed by atoms with E-state index in [1.807, 2.05) is 32.0 Å². The first-order valence-corrected chi connectivity index (χ1v) is 11.0. The summed E-state index contributed by atoms with van der Waals surface area (Å²) in [6.07, 6.45) is -0.248. The quantitative estimate of drug-likeness (QED) is 0.646. The normalized spacial score (nSPS) is 12.0. The van der Waals surface area contributed by atoms with E-state index >= 15 is 0 Å². The fourth-order valence-electron chi connectivity index (χ4n) is 2.74. The molecule has 2 aromatic carbocycles. The van der Waals surface area contributed by atoms with Gasteiger partial charge in [0.2, 0.25) is 5.91 Å². The third-order valence-electron chi connectivity index (χ3n) is 4.33. The average Bonchev–Trinajstić information content (AvgIpc) is 2.68. The Kier molecular flexibility index (Phi) is 7.33. The molecule has 0 radical (unpaired) electrons. The number of esters is 1. The van der Waals surface area contributed by atoms with Crippen molar-refractivity contribution in [2.45, 2.75) is 31.8 Å². The number of aryl methyl sites for hydroxylation is 2. The second kappa shape index (κ2) is 9.53. The summed E-state index contributed by atoms with van der Waals surface area (Å²) < 4.78 is 28.7. The first-order chi connectivity index (χ1) is 14.0. The SMILES string of the molecule is Cc1cccc(C)c1NC(=O)CNC(=O)C(C)OC(=O)c1ccccc1S(C)(=O)=O. The maximum Gasteiger partial charge on any atom is 0.340 e. The molecule has 0 aliphatic heterocycles. The highest BCUT2D eigenvalue weighted by Crippen LogP contribution is 2.19. The highest BCUT2D eigenvalue weighted by atomic mass is 32.2. The number of sulfone groups is 1. The van der Waals surface area contributed by atoms with Crippen molar-refractivity contribution >= 4 is 33.3 Å². The highest BCUT2D eigenvalue weighted by molar-refractivity contribution is 7.90. The molecule has 0 saturated heterocycles. The van der Waals surface area contributed by atoms with E-state index in [0.29, 0.717) is 5.69 Å². The second-order valence-electron chi connectivity index (χ2n) is 6.85. The number of nitrogens with one attached hydrogen (secondary N) is 2. The number of hydrogen-bond donors (Lipinski definition) is 2. The summed E-state index contributed by atoms with van der Waals surface area (Å²) in [4.78, 5) is 36.5. The number of anilines is 1. The number of carbonyl (C=O) groups is 3. The molecule has 0 bridgehead atoms. The molecule has 30 heavy (non-hydrogen) atoms. The van der Waals surface area contributed by atoms with Gasteiger partial charge in [-0.1, -0.05) is 30.3 Å². The minimum atomic E-state index is -3.65. The summed E-state index contributed by atoms with van der Waals surface area (Å²) in [6, 6.07) is 11.2. The molecule has 2 amide bonds. The minimum absolute atomic E-state index is 0.160. The van der Waals surface area contributed by atoms with Crippen molar-refractivity contribution in [3.05, 3.63) is 59.2 Å². The molecule has 1 unspecified atom stereocenters. The number of hydrogen-bond acceptors (Lipinski definition) is 6. The van der Waals surface area contributed by atoms with Crippen molar-refractivity contribution in [1.29, 1.82) is 0 Å². The van der Waals surface area contributed by atoms with Crippen LogP contribution in [0.25, 0.3) is 0 Å². The van der Waals surface area contributed by atoms with Gasteiger partial charge in [-0.2, -0.15) is 0 Å². The van der Waals surface area contributed by atoms with E-state index in [4.69, 9.17) is 4.74 Å².